The van der Waals surface area contributed by atoms with Crippen molar-refractivity contribution in [2.75, 3.05) is 39.6 Å². The van der Waals surface area contributed by atoms with Gasteiger partial charge in [-0.2, -0.15) is 0 Å². The van der Waals surface area contributed by atoms with Gasteiger partial charge in [0, 0.05) is 0 Å². The van der Waals surface area contributed by atoms with Gasteiger partial charge in [-0.1, -0.05) is 6.92 Å². The van der Waals surface area contributed by atoms with E-state index in [2.05, 4.69) is 0 Å². The molecule has 0 aliphatic carbocycles. The van der Waals surface area contributed by atoms with Crippen LogP contribution >= 0.6 is 0 Å². The van der Waals surface area contributed by atoms with E-state index < -0.39 is 230 Å². The maximum absolute atomic E-state index is 11.7. The third-order valence-corrected chi connectivity index (χ3v) is 13.3. The van der Waals surface area contributed by atoms with Gasteiger partial charge in [0.2, 0.25) is 0 Å². The Labute approximate surface area is 396 Å². The fourth-order valence-corrected chi connectivity index (χ4v) is 9.35. The predicted molar refractivity (Wildman–Crippen MR) is 211 cm³/mol. The molecule has 18 N–H and O–H groups in total. The van der Waals surface area contributed by atoms with Gasteiger partial charge in [-0.15, -0.1) is 0 Å². The highest BCUT2D eigenvalue weighted by Gasteiger charge is 2.59. The minimum absolute atomic E-state index is 0.102. The normalized spacial score (nSPS) is 53.4. The van der Waals surface area contributed by atoms with Crippen molar-refractivity contribution in [3.63, 3.8) is 0 Å². The first kappa shape index (κ1) is 56.5. The van der Waals surface area contributed by atoms with Gasteiger partial charge in [0.1, 0.15) is 146 Å². The van der Waals surface area contributed by atoms with Crippen LogP contribution in [0.25, 0.3) is 0 Å². The second-order valence-corrected chi connectivity index (χ2v) is 17.8. The summed E-state index contributed by atoms with van der Waals surface area (Å²) in [5.41, 5.74) is 0. The van der Waals surface area contributed by atoms with Crippen LogP contribution in [-0.2, 0) is 61.6 Å². The average Bonchev–Trinajstić information content (AvgIpc) is 3.35. The zero-order chi connectivity index (χ0) is 51.0. The van der Waals surface area contributed by atoms with Crippen molar-refractivity contribution in [1.29, 1.82) is 0 Å². The molecule has 0 aromatic carbocycles. The van der Waals surface area contributed by atoms with Crippen molar-refractivity contribution >= 4 is 0 Å². The molecule has 22 aliphatic rings. The zero-order valence-electron chi connectivity index (χ0n) is 37.2. The second-order valence-electron chi connectivity index (χ2n) is 17.8. The van der Waals surface area contributed by atoms with Gasteiger partial charge < -0.3 is 153 Å². The van der Waals surface area contributed by atoms with E-state index in [0.29, 0.717) is 0 Å². The molecule has 0 saturated carbocycles. The molecular weight excluding hydrogens is 964 g/mol. The van der Waals surface area contributed by atoms with Crippen LogP contribution in [-0.4, -0.2) is 322 Å². The molecule has 22 fully saturated rings. The van der Waals surface area contributed by atoms with Crippen LogP contribution in [0.1, 0.15) is 13.3 Å². The van der Waals surface area contributed by atoms with Crippen molar-refractivity contribution in [2.45, 2.75) is 204 Å². The van der Waals surface area contributed by atoms with Crippen molar-refractivity contribution in [2.24, 2.45) is 0 Å². The summed E-state index contributed by atoms with van der Waals surface area (Å²) in [6.45, 7) is -4.54. The van der Waals surface area contributed by atoms with Crippen LogP contribution in [0.15, 0.2) is 0 Å². The lowest BCUT2D eigenvalue weighted by Crippen LogP contribution is -2.69. The summed E-state index contributed by atoms with van der Waals surface area (Å²) in [5, 5.41) is 197. The molecule has 0 spiro atoms. The summed E-state index contributed by atoms with van der Waals surface area (Å²) in [6, 6.07) is 0. The summed E-state index contributed by atoms with van der Waals surface area (Å²) >= 11 is 0. The highest BCUT2D eigenvalue weighted by molar-refractivity contribution is 5.01. The maximum Gasteiger partial charge on any atom is 0.187 e. The van der Waals surface area contributed by atoms with E-state index in [1.165, 1.54) is 6.92 Å². The van der Waals surface area contributed by atoms with E-state index in [-0.39, 0.29) is 6.42 Å². The van der Waals surface area contributed by atoms with Crippen LogP contribution in [0.5, 0.6) is 0 Å². The minimum atomic E-state index is -2.16. The third kappa shape index (κ3) is 11.2. The summed E-state index contributed by atoms with van der Waals surface area (Å²) in [5.74, 6) is 0. The first-order valence-corrected chi connectivity index (χ1v) is 22.7. The predicted octanol–water partition coefficient (Wildman–Crippen LogP) is -12.3. The Balaban J connectivity index is 1.22. The van der Waals surface area contributed by atoms with Crippen LogP contribution in [0.2, 0.25) is 0 Å². The zero-order valence-corrected chi connectivity index (χ0v) is 37.2. The Kier molecular flexibility index (Phi) is 19.5. The number of hydrogen-bond acceptors (Lipinski definition) is 31. The van der Waals surface area contributed by atoms with Gasteiger partial charge in [0.25, 0.3) is 0 Å². The molecule has 408 valence electrons. The summed E-state index contributed by atoms with van der Waals surface area (Å²) < 4.78 is 74.6. The van der Waals surface area contributed by atoms with E-state index in [0.717, 1.165) is 0 Å². The number of hydrogen-bond donors (Lipinski definition) is 18. The number of ether oxygens (including phenoxy) is 13. The molecule has 1 unspecified atom stereocenters. The first-order valence-electron chi connectivity index (χ1n) is 22.7. The number of aliphatic hydroxyl groups is 18. The molecular formula is C39H66O31. The summed E-state index contributed by atoms with van der Waals surface area (Å²) in [7, 11) is 0. The van der Waals surface area contributed by atoms with Crippen molar-refractivity contribution in [1.82, 2.24) is 0 Å². The second kappa shape index (κ2) is 24.2. The van der Waals surface area contributed by atoms with E-state index in [1.54, 1.807) is 0 Å². The third-order valence-electron chi connectivity index (χ3n) is 13.3. The molecule has 70 heavy (non-hydrogen) atoms. The molecule has 22 rings (SSSR count). The molecule has 0 radical (unpaired) electrons. The van der Waals surface area contributed by atoms with E-state index in [9.17, 15) is 91.9 Å². The molecule has 0 aromatic rings. The number of aliphatic hydroxyl groups excluding tert-OH is 18. The lowest BCUT2D eigenvalue weighted by Gasteiger charge is -2.51. The molecule has 31 atom stereocenters. The smallest absolute Gasteiger partial charge is 0.187 e. The highest BCUT2D eigenvalue weighted by atomic mass is 16.8. The fraction of sp³-hybridized carbons (Fsp3) is 1.00. The molecule has 0 amide bonds. The Morgan fingerprint density at radius 1 is 0.300 bits per heavy atom. The van der Waals surface area contributed by atoms with Crippen LogP contribution in [0.3, 0.4) is 0 Å². The molecule has 0 aromatic heterocycles. The van der Waals surface area contributed by atoms with Gasteiger partial charge in [-0.25, -0.2) is 0 Å². The van der Waals surface area contributed by atoms with Crippen molar-refractivity contribution in [3.05, 3.63) is 0 Å². The number of rotatable bonds is 9. The quantitative estimate of drug-likeness (QED) is 0.0954. The molecule has 12 bridgehead atoms. The monoisotopic (exact) mass is 1030 g/mol. The highest BCUT2D eigenvalue weighted by Crippen LogP contribution is 2.38. The fourth-order valence-electron chi connectivity index (χ4n) is 9.35. The van der Waals surface area contributed by atoms with E-state index in [4.69, 9.17) is 61.6 Å². The molecule has 22 saturated heterocycles. The van der Waals surface area contributed by atoms with Crippen molar-refractivity contribution < 1.29 is 153 Å². The topological polar surface area (TPSA) is 484 Å². The Bertz CT molecular complexity index is 1600. The molecule has 22 aliphatic heterocycles. The minimum Gasteiger partial charge on any atom is -0.394 e. The SMILES string of the molecule is CCC(O)O[C@@H]1[C@@H](O)[C@H]2O[C@H]3[C@H](O)[C@@H](O)[C@@H](O[C@H]4[C@H](O)[C@@H](O)[C@@H](O[C@H]5[C@H](O)[C@@H](O)[C@@H](O[C@H]6[C@H](O)[C@@H](O)[C@@H](O[C@H]7[C@H](O)[C@@H](O)[C@@H](O[C@H]1[C@@H](CO)O2)O[C@@H]7CO)O[C@@H]6CO)O[C@@H]5CO)O[C@@H]4CO)O[C@@H]3CO. The van der Waals surface area contributed by atoms with Gasteiger partial charge >= 0.3 is 0 Å². The Morgan fingerprint density at radius 3 is 0.714 bits per heavy atom. The van der Waals surface area contributed by atoms with Crippen LogP contribution in [0, 0.1) is 0 Å². The largest absolute Gasteiger partial charge is 0.394 e. The summed E-state index contributed by atoms with van der Waals surface area (Å²) in [4.78, 5) is 0. The van der Waals surface area contributed by atoms with Crippen LogP contribution < -0.4 is 0 Å². The Morgan fingerprint density at radius 2 is 0.500 bits per heavy atom. The molecule has 22 heterocycles. The Hall–Kier alpha value is -1.24. The lowest BCUT2D eigenvalue weighted by molar-refractivity contribution is -0.407. The van der Waals surface area contributed by atoms with Crippen LogP contribution in [0.4, 0.5) is 0 Å². The van der Waals surface area contributed by atoms with E-state index in [1.807, 2.05) is 0 Å². The standard InChI is InChI=1S/C39H66O31/c1-2-15(46)64-33-26(57)39-63-14(8-45)32(33)70-38-25(56)20(51)30(12(6-43)62-38)68-36-23(54)18(49)28(10(4-41)60-36)66-34-21(52)16(47)27(9(3-40)58-34)65-35-22(53)17(48)29(11(5-42)59-35)67-37-24(55)19(50)31(69-39)13(7-44)61-37/h9-57H,2-8H2,1H3/t9-,10-,11-,12-,13-,14-,15?,16-,17-,18-,19-,20-,21-,22-,23-,24-,25-,26-,27-,28-,29-,30-,31-,32+,33-,34-,35-,36-,37-,38-,39-/m1/s1. The maximum atomic E-state index is 11.7. The molecule has 31 nitrogen and oxygen atoms in total. The van der Waals surface area contributed by atoms with E-state index >= 15 is 0 Å². The van der Waals surface area contributed by atoms with Crippen molar-refractivity contribution in [3.8, 4) is 0 Å². The van der Waals surface area contributed by atoms with Gasteiger partial charge in [-0.05, 0) is 6.42 Å². The molecule has 31 heteroatoms. The van der Waals surface area contributed by atoms with Gasteiger partial charge in [-0.3, -0.25) is 0 Å². The first-order chi connectivity index (χ1) is 33.4. The van der Waals surface area contributed by atoms with Gasteiger partial charge in [0.05, 0.1) is 39.6 Å². The summed E-state index contributed by atoms with van der Waals surface area (Å²) in [6.07, 6.45) is -60.1. The van der Waals surface area contributed by atoms with Gasteiger partial charge in [0.15, 0.2) is 44.0 Å². The lowest BCUT2D eigenvalue weighted by atomic mass is 9.94. The average molecular weight is 1030 g/mol.